The highest BCUT2D eigenvalue weighted by molar-refractivity contribution is 5.89. The van der Waals surface area contributed by atoms with E-state index in [2.05, 4.69) is 64.0 Å². The fourth-order valence-corrected chi connectivity index (χ4v) is 12.5. The standard InChI is InChI=1S/C21H19FN4O.C21H20N4O.C20H21N5O.C19H18N4O2/c22-16-6-4-14(5-7-16)18-9-8-17(23)19(25-18)11-20(27)15-12-26(13-15)21-3-1-2-10-24-21;22-17-9-10-18(15-6-2-1-3-7-15)24-19(17)12-20(26)16-13-25(14-16)21-8-4-5-11-23-21;21-18-6-7-19(15-4-2-1-3-5-15)23-20(18)10-17(26)13-24-8-9-25-14-22-11-16(25)12-24;20-14-6-7-15(18-4-3-9-25-18)22-16(14)10-17(24)13-11-23(12-13)19-5-1-2-8-21-19/h1-10,15H,11-13,23H2;1-11,16H,12-14,22H2;1-7,11,14H,8-10,12-13,21H2;1-9,13H,10-12,20H2. The maximum atomic E-state index is 13.1. The summed E-state index contributed by atoms with van der Waals surface area (Å²) in [5.41, 5.74) is 35.8. The van der Waals surface area contributed by atoms with Gasteiger partial charge in [-0.2, -0.15) is 0 Å². The van der Waals surface area contributed by atoms with Gasteiger partial charge >= 0.3 is 0 Å². The number of aromatic nitrogens is 9. The van der Waals surface area contributed by atoms with Crippen molar-refractivity contribution in [3.05, 3.63) is 272 Å². The van der Waals surface area contributed by atoms with Crippen LogP contribution in [0.1, 0.15) is 28.5 Å². The third-order valence-corrected chi connectivity index (χ3v) is 18.7. The summed E-state index contributed by atoms with van der Waals surface area (Å²) in [5, 5.41) is 0. The van der Waals surface area contributed by atoms with Gasteiger partial charge in [-0.05, 0) is 121 Å². The number of rotatable bonds is 20. The number of fused-ring (bicyclic) bond motifs is 1. The summed E-state index contributed by atoms with van der Waals surface area (Å²) in [7, 11) is 0. The number of benzene rings is 3. The molecular formula is C81H78FN17O5. The van der Waals surface area contributed by atoms with Crippen molar-refractivity contribution in [2.45, 2.75) is 38.8 Å². The number of nitrogens with two attached hydrogens (primary N) is 4. The molecular weight excluding hydrogens is 1310 g/mol. The van der Waals surface area contributed by atoms with Crippen molar-refractivity contribution in [2.75, 3.05) is 90.0 Å². The summed E-state index contributed by atoms with van der Waals surface area (Å²) in [6.45, 7) is 6.97. The van der Waals surface area contributed by atoms with Crippen LogP contribution in [0.25, 0.3) is 45.2 Å². The highest BCUT2D eigenvalue weighted by Crippen LogP contribution is 2.31. The molecule has 23 heteroatoms. The fraction of sp³-hybridized carbons (Fsp3) is 0.210. The number of hydrogen-bond acceptors (Lipinski definition) is 21. The molecule has 0 unspecified atom stereocenters. The predicted octanol–water partition coefficient (Wildman–Crippen LogP) is 10.8. The number of carbonyl (C=O) groups is 4. The molecule has 16 rings (SSSR count). The summed E-state index contributed by atoms with van der Waals surface area (Å²) in [4.78, 5) is 94.2. The van der Waals surface area contributed by atoms with Crippen molar-refractivity contribution >= 4 is 63.3 Å². The van der Waals surface area contributed by atoms with Gasteiger partial charge in [-0.3, -0.25) is 39.0 Å². The molecule has 0 radical (unpaired) electrons. The molecule has 0 spiro atoms. The lowest BCUT2D eigenvalue weighted by atomic mass is 9.92. The Labute approximate surface area is 601 Å². The first-order valence-electron chi connectivity index (χ1n) is 34.4. The second kappa shape index (κ2) is 32.8. The third kappa shape index (κ3) is 17.6. The Hall–Kier alpha value is -12.6. The van der Waals surface area contributed by atoms with E-state index in [-0.39, 0.29) is 72.4 Å². The van der Waals surface area contributed by atoms with E-state index in [0.717, 1.165) is 70.9 Å². The maximum Gasteiger partial charge on any atom is 0.152 e. The fourth-order valence-electron chi connectivity index (χ4n) is 12.5. The van der Waals surface area contributed by atoms with E-state index in [1.807, 2.05) is 158 Å². The van der Waals surface area contributed by atoms with E-state index in [1.165, 1.54) is 12.1 Å². The average Bonchev–Trinajstić information content (AvgIpc) is 1.04. The number of anilines is 7. The Morgan fingerprint density at radius 1 is 0.423 bits per heavy atom. The van der Waals surface area contributed by atoms with Gasteiger partial charge in [0.1, 0.15) is 46.3 Å². The monoisotopic (exact) mass is 1390 g/mol. The average molecular weight is 1390 g/mol. The van der Waals surface area contributed by atoms with Crippen LogP contribution in [0.2, 0.25) is 0 Å². The number of hydrogen-bond donors (Lipinski definition) is 4. The van der Waals surface area contributed by atoms with E-state index in [9.17, 15) is 23.6 Å². The molecule has 0 aliphatic carbocycles. The van der Waals surface area contributed by atoms with Crippen molar-refractivity contribution in [3.8, 4) is 45.2 Å². The molecule has 0 amide bonds. The minimum Gasteiger partial charge on any atom is -0.463 e. The number of Topliss-reactive ketones (excluding diaryl/α,β-unsaturated/α-hetero) is 4. The normalized spacial score (nSPS) is 14.1. The molecule has 0 bridgehead atoms. The first kappa shape index (κ1) is 69.8. The van der Waals surface area contributed by atoms with Crippen LogP contribution < -0.4 is 37.6 Å². The Kier molecular flexibility index (Phi) is 22.0. The van der Waals surface area contributed by atoms with E-state index < -0.39 is 0 Å². The summed E-state index contributed by atoms with van der Waals surface area (Å²) >= 11 is 0. The van der Waals surface area contributed by atoms with Gasteiger partial charge in [-0.15, -0.1) is 0 Å². The summed E-state index contributed by atoms with van der Waals surface area (Å²) < 4.78 is 20.6. The molecule has 4 aliphatic rings. The van der Waals surface area contributed by atoms with Crippen molar-refractivity contribution in [1.29, 1.82) is 0 Å². The number of nitrogen functional groups attached to an aromatic ring is 4. The van der Waals surface area contributed by atoms with Gasteiger partial charge in [0.25, 0.3) is 0 Å². The second-order valence-electron chi connectivity index (χ2n) is 25.9. The van der Waals surface area contributed by atoms with Crippen molar-refractivity contribution in [2.24, 2.45) is 17.8 Å². The Morgan fingerprint density at radius 3 is 1.22 bits per heavy atom. The number of ketones is 4. The van der Waals surface area contributed by atoms with Gasteiger partial charge in [0.2, 0.25) is 0 Å². The maximum absolute atomic E-state index is 13.1. The quantitative estimate of drug-likeness (QED) is 0.0551. The largest absolute Gasteiger partial charge is 0.463 e. The Bertz CT molecular complexity index is 4890. The van der Waals surface area contributed by atoms with E-state index in [0.29, 0.717) is 108 Å². The topological polar surface area (TPSA) is 307 Å². The van der Waals surface area contributed by atoms with Crippen LogP contribution in [0.5, 0.6) is 0 Å². The number of halogens is 1. The number of pyridine rings is 7. The lowest BCUT2D eigenvalue weighted by Crippen LogP contribution is -2.51. The third-order valence-electron chi connectivity index (χ3n) is 18.7. The molecule has 12 aromatic rings. The zero-order valence-corrected chi connectivity index (χ0v) is 57.2. The molecule has 3 aromatic carbocycles. The number of furan rings is 1. The number of nitrogens with zero attached hydrogens (tertiary/aromatic N) is 13. The smallest absolute Gasteiger partial charge is 0.152 e. The van der Waals surface area contributed by atoms with Crippen LogP contribution in [-0.4, -0.2) is 125 Å². The molecule has 9 aromatic heterocycles. The molecule has 3 fully saturated rings. The minimum atomic E-state index is -0.299. The van der Waals surface area contributed by atoms with Crippen LogP contribution in [-0.2, 0) is 58.0 Å². The number of imidazole rings is 1. The van der Waals surface area contributed by atoms with Crippen LogP contribution >= 0.6 is 0 Å². The first-order valence-corrected chi connectivity index (χ1v) is 34.4. The zero-order valence-electron chi connectivity index (χ0n) is 57.2. The van der Waals surface area contributed by atoms with Crippen molar-refractivity contribution in [3.63, 3.8) is 0 Å². The molecule has 524 valence electrons. The predicted molar refractivity (Wildman–Crippen MR) is 401 cm³/mol. The molecule has 8 N–H and O–H groups in total. The summed E-state index contributed by atoms with van der Waals surface area (Å²) in [6.07, 6.45) is 11.5. The second-order valence-corrected chi connectivity index (χ2v) is 25.9. The molecule has 13 heterocycles. The SMILES string of the molecule is Nc1ccc(-c2ccc(F)cc2)nc1CC(=O)C1CN(c2ccccn2)C1.Nc1ccc(-c2ccccc2)nc1CC(=O)C1CN(c2ccccn2)C1.Nc1ccc(-c2ccccc2)nc1CC(=O)CN1CCn2cncc2C1.Nc1ccc(-c2ccco2)nc1CC(=O)C1CN(c2ccccn2)C1. The van der Waals surface area contributed by atoms with Gasteiger partial charge in [-0.25, -0.2) is 29.3 Å². The zero-order chi connectivity index (χ0) is 71.9. The van der Waals surface area contributed by atoms with Crippen LogP contribution in [0, 0.1) is 23.6 Å². The lowest BCUT2D eigenvalue weighted by Gasteiger charge is -2.39. The van der Waals surface area contributed by atoms with Crippen molar-refractivity contribution in [1.82, 2.24) is 49.3 Å². The molecule has 22 nitrogen and oxygen atoms in total. The number of carbonyl (C=O) groups excluding carboxylic acids is 4. The van der Waals surface area contributed by atoms with Crippen LogP contribution in [0.15, 0.2) is 242 Å². The van der Waals surface area contributed by atoms with Gasteiger partial charge < -0.3 is 46.6 Å². The first-order chi connectivity index (χ1) is 50.7. The highest BCUT2D eigenvalue weighted by atomic mass is 19.1. The molecule has 104 heavy (non-hydrogen) atoms. The molecule has 3 saturated heterocycles. The van der Waals surface area contributed by atoms with Crippen molar-refractivity contribution < 1.29 is 28.0 Å². The van der Waals surface area contributed by atoms with Crippen LogP contribution in [0.4, 0.5) is 44.6 Å². The summed E-state index contributed by atoms with van der Waals surface area (Å²) in [6, 6.07) is 61.4. The van der Waals surface area contributed by atoms with Gasteiger partial charge in [0.05, 0.1) is 131 Å². The van der Waals surface area contributed by atoms with Gasteiger partial charge in [0.15, 0.2) is 11.5 Å². The van der Waals surface area contributed by atoms with Gasteiger partial charge in [-0.1, -0.05) is 78.9 Å². The highest BCUT2D eigenvalue weighted by Gasteiger charge is 2.36. The van der Waals surface area contributed by atoms with E-state index in [4.69, 9.17) is 27.4 Å². The Balaban J connectivity index is 0.000000123. The Morgan fingerprint density at radius 2 is 0.817 bits per heavy atom. The minimum absolute atomic E-state index is 0.00419. The summed E-state index contributed by atoms with van der Waals surface area (Å²) in [5.74, 6) is 3.63. The van der Waals surface area contributed by atoms with Crippen LogP contribution in [0.3, 0.4) is 0 Å². The molecule has 0 saturated carbocycles. The van der Waals surface area contributed by atoms with E-state index in [1.54, 1.807) is 67.3 Å². The molecule has 0 atom stereocenters. The van der Waals surface area contributed by atoms with E-state index >= 15 is 0 Å². The molecule has 4 aliphatic heterocycles. The van der Waals surface area contributed by atoms with Gasteiger partial charge in [0, 0.05) is 100 Å². The lowest BCUT2D eigenvalue weighted by molar-refractivity contribution is -0.123.